The fraction of sp³-hybridized carbons (Fsp3) is 0.417. The molecule has 172 valence electrons. The highest BCUT2D eigenvalue weighted by atomic mass is 19.1. The van der Waals surface area contributed by atoms with E-state index in [1.54, 1.807) is 24.3 Å². The highest BCUT2D eigenvalue weighted by molar-refractivity contribution is 6.03. The smallest absolute Gasteiger partial charge is 0.251 e. The highest BCUT2D eigenvalue weighted by Crippen LogP contribution is 2.23. The Morgan fingerprint density at radius 2 is 1.75 bits per heavy atom. The van der Waals surface area contributed by atoms with Gasteiger partial charge in [-0.15, -0.1) is 0 Å². The molecule has 8 heteroatoms. The van der Waals surface area contributed by atoms with Crippen LogP contribution in [0.15, 0.2) is 42.5 Å². The Labute approximate surface area is 189 Å². The lowest BCUT2D eigenvalue weighted by Gasteiger charge is -2.37. The number of carbonyl (C=O) groups excluding carboxylic acids is 2. The van der Waals surface area contributed by atoms with Crippen molar-refractivity contribution >= 4 is 17.5 Å². The minimum absolute atomic E-state index is 0.269. The Morgan fingerprint density at radius 3 is 2.38 bits per heavy atom. The van der Waals surface area contributed by atoms with Crippen molar-refractivity contribution in [2.45, 2.75) is 6.42 Å². The fourth-order valence-corrected chi connectivity index (χ4v) is 3.78. The second kappa shape index (κ2) is 11.1. The van der Waals surface area contributed by atoms with E-state index >= 15 is 0 Å². The largest absolute Gasteiger partial charge is 0.368 e. The Bertz CT molecular complexity index is 924. The Kier molecular flexibility index (Phi) is 8.19. The van der Waals surface area contributed by atoms with E-state index in [0.29, 0.717) is 24.1 Å². The summed E-state index contributed by atoms with van der Waals surface area (Å²) in [5.41, 5.74) is 8.10. The number of likely N-dealkylation sites (N-methyl/N-ethyl adjacent to an activating group) is 1. The summed E-state index contributed by atoms with van der Waals surface area (Å²) in [6.07, 6.45) is 0.588. The van der Waals surface area contributed by atoms with Crippen LogP contribution in [-0.2, 0) is 6.42 Å². The monoisotopic (exact) mass is 441 g/mol. The summed E-state index contributed by atoms with van der Waals surface area (Å²) >= 11 is 0. The maximum absolute atomic E-state index is 13.0. The van der Waals surface area contributed by atoms with Crippen LogP contribution in [-0.4, -0.2) is 81.5 Å². The molecule has 3 rings (SSSR count). The standard InChI is InChI=1S/C24H32FN5O2/c1-28(2)11-12-29-13-15-30(16-14-29)22-8-5-19(17-21(22)23(26)31)24(32)27-10-9-18-3-6-20(25)7-4-18/h3-8,17H,9-16H2,1-2H3,(H2,26,31)(H,27,32). The number of hydrogen-bond acceptors (Lipinski definition) is 5. The molecule has 1 heterocycles. The first-order valence-electron chi connectivity index (χ1n) is 10.9. The van der Waals surface area contributed by atoms with Crippen LogP contribution in [0, 0.1) is 5.82 Å². The quantitative estimate of drug-likeness (QED) is 0.618. The number of nitrogens with zero attached hydrogens (tertiary/aromatic N) is 3. The summed E-state index contributed by atoms with van der Waals surface area (Å²) in [5.74, 6) is -1.10. The third-order valence-electron chi connectivity index (χ3n) is 5.71. The summed E-state index contributed by atoms with van der Waals surface area (Å²) in [5, 5.41) is 2.85. The molecule has 0 aliphatic carbocycles. The summed E-state index contributed by atoms with van der Waals surface area (Å²) in [7, 11) is 4.13. The zero-order valence-electron chi connectivity index (χ0n) is 18.8. The van der Waals surface area contributed by atoms with Gasteiger partial charge in [0.2, 0.25) is 0 Å². The van der Waals surface area contributed by atoms with Crippen molar-refractivity contribution in [1.82, 2.24) is 15.1 Å². The number of halogens is 1. The Morgan fingerprint density at radius 1 is 1.06 bits per heavy atom. The number of amides is 2. The maximum atomic E-state index is 13.0. The number of piperazine rings is 1. The number of primary amides is 1. The molecule has 1 fully saturated rings. The molecule has 7 nitrogen and oxygen atoms in total. The molecule has 0 radical (unpaired) electrons. The predicted octanol–water partition coefficient (Wildman–Crippen LogP) is 1.58. The van der Waals surface area contributed by atoms with Gasteiger partial charge in [0.15, 0.2) is 0 Å². The number of benzene rings is 2. The number of carbonyl (C=O) groups is 2. The van der Waals surface area contributed by atoms with Crippen molar-refractivity contribution in [3.63, 3.8) is 0 Å². The van der Waals surface area contributed by atoms with E-state index in [4.69, 9.17) is 5.73 Å². The molecule has 1 aliphatic heterocycles. The van der Waals surface area contributed by atoms with E-state index in [1.807, 2.05) is 6.07 Å². The zero-order valence-corrected chi connectivity index (χ0v) is 18.8. The van der Waals surface area contributed by atoms with Crippen LogP contribution in [0.1, 0.15) is 26.3 Å². The lowest BCUT2D eigenvalue weighted by Crippen LogP contribution is -2.48. The molecule has 0 aromatic heterocycles. The molecule has 1 aliphatic rings. The molecule has 0 unspecified atom stereocenters. The highest BCUT2D eigenvalue weighted by Gasteiger charge is 2.22. The Hall–Kier alpha value is -2.97. The lowest BCUT2D eigenvalue weighted by molar-refractivity contribution is 0.0954. The number of nitrogens with two attached hydrogens (primary N) is 1. The van der Waals surface area contributed by atoms with Crippen LogP contribution in [0.4, 0.5) is 10.1 Å². The molecular weight excluding hydrogens is 409 g/mol. The van der Waals surface area contributed by atoms with E-state index < -0.39 is 5.91 Å². The molecule has 0 atom stereocenters. The maximum Gasteiger partial charge on any atom is 0.251 e. The van der Waals surface area contributed by atoms with Gasteiger partial charge in [0.1, 0.15) is 5.82 Å². The first-order chi connectivity index (χ1) is 15.3. The third kappa shape index (κ3) is 6.51. The topological polar surface area (TPSA) is 81.9 Å². The fourth-order valence-electron chi connectivity index (χ4n) is 3.78. The van der Waals surface area contributed by atoms with Gasteiger partial charge in [-0.1, -0.05) is 12.1 Å². The molecule has 32 heavy (non-hydrogen) atoms. The van der Waals surface area contributed by atoms with E-state index in [9.17, 15) is 14.0 Å². The zero-order chi connectivity index (χ0) is 23.1. The molecule has 0 saturated carbocycles. The van der Waals surface area contributed by atoms with Crippen LogP contribution in [0.2, 0.25) is 0 Å². The van der Waals surface area contributed by atoms with Crippen LogP contribution < -0.4 is 16.0 Å². The number of rotatable bonds is 9. The van der Waals surface area contributed by atoms with Crippen molar-refractivity contribution in [3.8, 4) is 0 Å². The van der Waals surface area contributed by atoms with Crippen LogP contribution in [0.25, 0.3) is 0 Å². The van der Waals surface area contributed by atoms with E-state index in [0.717, 1.165) is 50.5 Å². The SMILES string of the molecule is CN(C)CCN1CCN(c2ccc(C(=O)NCCc3ccc(F)cc3)cc2C(N)=O)CC1. The van der Waals surface area contributed by atoms with Gasteiger partial charge in [-0.25, -0.2) is 4.39 Å². The molecule has 0 spiro atoms. The van der Waals surface area contributed by atoms with Gasteiger partial charge >= 0.3 is 0 Å². The van der Waals surface area contributed by atoms with Gasteiger partial charge in [-0.2, -0.15) is 0 Å². The molecule has 0 bridgehead atoms. The summed E-state index contributed by atoms with van der Waals surface area (Å²) < 4.78 is 13.0. The Balaban J connectivity index is 1.59. The first kappa shape index (κ1) is 23.7. The van der Waals surface area contributed by atoms with Gasteiger partial charge in [-0.05, 0) is 56.4 Å². The van der Waals surface area contributed by atoms with E-state index in [1.165, 1.54) is 12.1 Å². The van der Waals surface area contributed by atoms with Gasteiger partial charge in [0.25, 0.3) is 11.8 Å². The van der Waals surface area contributed by atoms with Gasteiger partial charge in [-0.3, -0.25) is 14.5 Å². The summed E-state index contributed by atoms with van der Waals surface area (Å²) in [4.78, 5) is 31.4. The number of hydrogen-bond donors (Lipinski definition) is 2. The molecule has 2 aromatic rings. The molecule has 3 N–H and O–H groups in total. The molecule has 1 saturated heterocycles. The number of nitrogens with one attached hydrogen (secondary N) is 1. The summed E-state index contributed by atoms with van der Waals surface area (Å²) in [6.45, 7) is 5.87. The van der Waals surface area contributed by atoms with Gasteiger partial charge in [0.05, 0.1) is 5.56 Å². The van der Waals surface area contributed by atoms with Crippen molar-refractivity contribution in [2.24, 2.45) is 5.73 Å². The minimum Gasteiger partial charge on any atom is -0.368 e. The molecular formula is C24H32FN5O2. The lowest BCUT2D eigenvalue weighted by atomic mass is 10.1. The summed E-state index contributed by atoms with van der Waals surface area (Å²) in [6, 6.07) is 11.3. The van der Waals surface area contributed by atoms with Crippen molar-refractivity contribution in [3.05, 3.63) is 65.0 Å². The molecule has 2 amide bonds. The number of anilines is 1. The van der Waals surface area contributed by atoms with E-state index in [-0.39, 0.29) is 11.7 Å². The minimum atomic E-state index is -0.545. The average molecular weight is 442 g/mol. The van der Waals surface area contributed by atoms with Crippen molar-refractivity contribution < 1.29 is 14.0 Å². The van der Waals surface area contributed by atoms with E-state index in [2.05, 4.69) is 34.1 Å². The van der Waals surface area contributed by atoms with Crippen molar-refractivity contribution in [1.29, 1.82) is 0 Å². The average Bonchev–Trinajstić information content (AvgIpc) is 2.79. The van der Waals surface area contributed by atoms with Crippen LogP contribution >= 0.6 is 0 Å². The molecule has 2 aromatic carbocycles. The second-order valence-electron chi connectivity index (χ2n) is 8.36. The first-order valence-corrected chi connectivity index (χ1v) is 10.9. The normalized spacial score (nSPS) is 14.6. The van der Waals surface area contributed by atoms with Crippen LogP contribution in [0.3, 0.4) is 0 Å². The van der Waals surface area contributed by atoms with Gasteiger partial charge < -0.3 is 20.9 Å². The van der Waals surface area contributed by atoms with Crippen molar-refractivity contribution in [2.75, 3.05) is 64.8 Å². The predicted molar refractivity (Wildman–Crippen MR) is 125 cm³/mol. The van der Waals surface area contributed by atoms with Crippen LogP contribution in [0.5, 0.6) is 0 Å². The van der Waals surface area contributed by atoms with Gasteiger partial charge in [0, 0.05) is 57.1 Å². The third-order valence-corrected chi connectivity index (χ3v) is 5.71. The second-order valence-corrected chi connectivity index (χ2v) is 8.36.